The molecular weight excluding hydrogens is 230 g/mol. The van der Waals surface area contributed by atoms with E-state index in [1.165, 1.54) is 0 Å². The SMILES string of the molecule is COc1ccc(C(C)C(N)C(=O)O)cc1.Cl. The van der Waals surface area contributed by atoms with Crippen LogP contribution in [-0.4, -0.2) is 24.2 Å². The number of rotatable bonds is 4. The zero-order valence-corrected chi connectivity index (χ0v) is 10.0. The number of hydrogen-bond acceptors (Lipinski definition) is 3. The molecule has 0 aliphatic heterocycles. The summed E-state index contributed by atoms with van der Waals surface area (Å²) in [5, 5.41) is 8.76. The maximum Gasteiger partial charge on any atom is 0.321 e. The van der Waals surface area contributed by atoms with Gasteiger partial charge in [-0.05, 0) is 17.7 Å². The third kappa shape index (κ3) is 3.40. The summed E-state index contributed by atoms with van der Waals surface area (Å²) in [5.74, 6) is -0.457. The molecule has 1 aromatic rings. The lowest BCUT2D eigenvalue weighted by Gasteiger charge is -2.16. The maximum absolute atomic E-state index is 10.7. The first kappa shape index (κ1) is 14.7. The molecule has 0 radical (unpaired) electrons. The van der Waals surface area contributed by atoms with Crippen molar-refractivity contribution in [1.82, 2.24) is 0 Å². The second kappa shape index (κ2) is 6.35. The Labute approximate surface area is 101 Å². The Hall–Kier alpha value is -1.26. The summed E-state index contributed by atoms with van der Waals surface area (Å²) in [6.07, 6.45) is 0. The molecule has 2 atom stereocenters. The van der Waals surface area contributed by atoms with Gasteiger partial charge in [-0.25, -0.2) is 0 Å². The van der Waals surface area contributed by atoms with Gasteiger partial charge in [0.15, 0.2) is 0 Å². The number of carboxylic acids is 1. The molecule has 0 saturated carbocycles. The number of nitrogens with two attached hydrogens (primary N) is 1. The van der Waals surface area contributed by atoms with Crippen LogP contribution in [0.3, 0.4) is 0 Å². The minimum atomic E-state index is -0.988. The zero-order valence-electron chi connectivity index (χ0n) is 9.21. The molecule has 0 fully saturated rings. The summed E-state index contributed by atoms with van der Waals surface area (Å²) in [6, 6.07) is 6.36. The summed E-state index contributed by atoms with van der Waals surface area (Å²) in [6.45, 7) is 1.79. The third-order valence-electron chi connectivity index (χ3n) is 2.47. The van der Waals surface area contributed by atoms with Crippen molar-refractivity contribution in [1.29, 1.82) is 0 Å². The van der Waals surface area contributed by atoms with Gasteiger partial charge in [-0.2, -0.15) is 0 Å². The van der Waals surface area contributed by atoms with E-state index in [2.05, 4.69) is 0 Å². The predicted molar refractivity (Wildman–Crippen MR) is 64.3 cm³/mol. The van der Waals surface area contributed by atoms with E-state index in [0.29, 0.717) is 0 Å². The molecule has 0 aromatic heterocycles. The molecular formula is C11H16ClNO3. The van der Waals surface area contributed by atoms with Crippen molar-refractivity contribution in [2.75, 3.05) is 7.11 Å². The van der Waals surface area contributed by atoms with Crippen LogP contribution in [0.2, 0.25) is 0 Å². The molecule has 0 aliphatic rings. The van der Waals surface area contributed by atoms with Crippen molar-refractivity contribution in [3.05, 3.63) is 29.8 Å². The molecule has 0 aliphatic carbocycles. The van der Waals surface area contributed by atoms with Crippen molar-refractivity contribution in [3.63, 3.8) is 0 Å². The Balaban J connectivity index is 0.00000225. The topological polar surface area (TPSA) is 72.5 Å². The van der Waals surface area contributed by atoms with Crippen LogP contribution in [0, 0.1) is 0 Å². The fourth-order valence-electron chi connectivity index (χ4n) is 1.33. The number of hydrogen-bond donors (Lipinski definition) is 2. The van der Waals surface area contributed by atoms with Gasteiger partial charge >= 0.3 is 5.97 Å². The van der Waals surface area contributed by atoms with E-state index in [1.54, 1.807) is 26.2 Å². The fraction of sp³-hybridized carbons (Fsp3) is 0.364. The molecule has 2 unspecified atom stereocenters. The number of methoxy groups -OCH3 is 1. The van der Waals surface area contributed by atoms with Crippen LogP contribution < -0.4 is 10.5 Å². The van der Waals surface area contributed by atoms with Crippen LogP contribution in [0.1, 0.15) is 18.4 Å². The predicted octanol–water partition coefficient (Wildman–Crippen LogP) is 1.63. The molecule has 1 aromatic carbocycles. The highest BCUT2D eigenvalue weighted by molar-refractivity contribution is 5.85. The molecule has 0 bridgehead atoms. The second-order valence-corrected chi connectivity index (χ2v) is 3.43. The minimum Gasteiger partial charge on any atom is -0.497 e. The largest absolute Gasteiger partial charge is 0.497 e. The Morgan fingerprint density at radius 2 is 1.88 bits per heavy atom. The molecule has 5 heteroatoms. The van der Waals surface area contributed by atoms with Crippen LogP contribution >= 0.6 is 12.4 Å². The average Bonchev–Trinajstić information content (AvgIpc) is 2.27. The summed E-state index contributed by atoms with van der Waals surface area (Å²) in [4.78, 5) is 10.7. The van der Waals surface area contributed by atoms with Crippen molar-refractivity contribution in [2.45, 2.75) is 18.9 Å². The fourth-order valence-corrected chi connectivity index (χ4v) is 1.33. The molecule has 16 heavy (non-hydrogen) atoms. The Bertz CT molecular complexity index is 340. The van der Waals surface area contributed by atoms with Gasteiger partial charge in [0.05, 0.1) is 7.11 Å². The van der Waals surface area contributed by atoms with Crippen LogP contribution in [0.25, 0.3) is 0 Å². The number of ether oxygens (including phenoxy) is 1. The zero-order chi connectivity index (χ0) is 11.4. The standard InChI is InChI=1S/C11H15NO3.ClH/c1-7(10(12)11(13)14)8-3-5-9(15-2)6-4-8;/h3-7,10H,12H2,1-2H3,(H,13,14);1H. The summed E-state index contributed by atoms with van der Waals surface area (Å²) < 4.78 is 5.01. The summed E-state index contributed by atoms with van der Waals surface area (Å²) in [7, 11) is 1.58. The molecule has 1 rings (SSSR count). The highest BCUT2D eigenvalue weighted by Gasteiger charge is 2.21. The first-order valence-electron chi connectivity index (χ1n) is 4.68. The number of carboxylic acid groups (broad SMARTS) is 1. The molecule has 0 amide bonds. The van der Waals surface area contributed by atoms with Crippen molar-refractivity contribution in [2.24, 2.45) is 5.73 Å². The average molecular weight is 246 g/mol. The highest BCUT2D eigenvalue weighted by Crippen LogP contribution is 2.21. The van der Waals surface area contributed by atoms with Gasteiger partial charge in [0.2, 0.25) is 0 Å². The van der Waals surface area contributed by atoms with Crippen molar-refractivity contribution in [3.8, 4) is 5.75 Å². The van der Waals surface area contributed by atoms with E-state index >= 15 is 0 Å². The van der Waals surface area contributed by atoms with E-state index in [-0.39, 0.29) is 18.3 Å². The smallest absolute Gasteiger partial charge is 0.321 e. The van der Waals surface area contributed by atoms with Gasteiger partial charge in [-0.3, -0.25) is 4.79 Å². The van der Waals surface area contributed by atoms with Crippen molar-refractivity contribution < 1.29 is 14.6 Å². The van der Waals surface area contributed by atoms with E-state index in [0.717, 1.165) is 11.3 Å². The summed E-state index contributed by atoms with van der Waals surface area (Å²) >= 11 is 0. The molecule has 0 saturated heterocycles. The number of halogens is 1. The van der Waals surface area contributed by atoms with Gasteiger partial charge in [-0.15, -0.1) is 12.4 Å². The second-order valence-electron chi connectivity index (χ2n) is 3.43. The van der Waals surface area contributed by atoms with E-state index < -0.39 is 12.0 Å². The van der Waals surface area contributed by atoms with E-state index in [1.807, 2.05) is 12.1 Å². The van der Waals surface area contributed by atoms with Gasteiger partial charge in [0.25, 0.3) is 0 Å². The minimum absolute atomic E-state index is 0. The lowest BCUT2D eigenvalue weighted by molar-refractivity contribution is -0.139. The molecule has 3 N–H and O–H groups in total. The first-order valence-corrected chi connectivity index (χ1v) is 4.68. The van der Waals surface area contributed by atoms with Crippen LogP contribution in [0.15, 0.2) is 24.3 Å². The van der Waals surface area contributed by atoms with Crippen LogP contribution in [0.4, 0.5) is 0 Å². The lowest BCUT2D eigenvalue weighted by atomic mass is 9.94. The van der Waals surface area contributed by atoms with Gasteiger partial charge in [0.1, 0.15) is 11.8 Å². The van der Waals surface area contributed by atoms with Crippen molar-refractivity contribution >= 4 is 18.4 Å². The van der Waals surface area contributed by atoms with Gasteiger partial charge in [0, 0.05) is 5.92 Å². The lowest BCUT2D eigenvalue weighted by Crippen LogP contribution is -2.35. The number of aliphatic carboxylic acids is 1. The first-order chi connectivity index (χ1) is 7.06. The maximum atomic E-state index is 10.7. The molecule has 90 valence electrons. The Kier molecular flexibility index (Phi) is 5.85. The normalized spacial score (nSPS) is 13.4. The highest BCUT2D eigenvalue weighted by atomic mass is 35.5. The van der Waals surface area contributed by atoms with Crippen LogP contribution in [0.5, 0.6) is 5.75 Å². The monoisotopic (exact) mass is 245 g/mol. The van der Waals surface area contributed by atoms with Gasteiger partial charge in [-0.1, -0.05) is 19.1 Å². The van der Waals surface area contributed by atoms with Crippen LogP contribution in [-0.2, 0) is 4.79 Å². The number of benzene rings is 1. The van der Waals surface area contributed by atoms with E-state index in [9.17, 15) is 4.79 Å². The quantitative estimate of drug-likeness (QED) is 0.846. The molecule has 0 heterocycles. The van der Waals surface area contributed by atoms with Gasteiger partial charge < -0.3 is 15.6 Å². The summed E-state index contributed by atoms with van der Waals surface area (Å²) in [5.41, 5.74) is 6.43. The molecule has 0 spiro atoms. The Morgan fingerprint density at radius 3 is 2.25 bits per heavy atom. The molecule has 4 nitrogen and oxygen atoms in total. The van der Waals surface area contributed by atoms with E-state index in [4.69, 9.17) is 15.6 Å². The Morgan fingerprint density at radius 1 is 1.38 bits per heavy atom. The number of carbonyl (C=O) groups is 1. The third-order valence-corrected chi connectivity index (χ3v) is 2.47.